The molecule has 1 aromatic carbocycles. The molecule has 1 aromatic heterocycles. The van der Waals surface area contributed by atoms with E-state index in [9.17, 15) is 15.2 Å². The Morgan fingerprint density at radius 3 is 2.70 bits per heavy atom. The number of anilines is 1. The van der Waals surface area contributed by atoms with Gasteiger partial charge in [-0.05, 0) is 45.3 Å². The summed E-state index contributed by atoms with van der Waals surface area (Å²) < 4.78 is 6.29. The average molecular weight is 505 g/mol. The molecule has 0 bridgehead atoms. The van der Waals surface area contributed by atoms with Gasteiger partial charge in [0.05, 0.1) is 11.4 Å². The number of likely N-dealkylation sites (N-methyl/N-ethyl adjacent to an activating group) is 1. The van der Waals surface area contributed by atoms with E-state index in [1.165, 1.54) is 10.5 Å². The molecule has 2 fully saturated rings. The fourth-order valence-electron chi connectivity index (χ4n) is 5.93. The second kappa shape index (κ2) is 11.0. The van der Waals surface area contributed by atoms with Crippen molar-refractivity contribution >= 4 is 11.8 Å². The highest BCUT2D eigenvalue weighted by molar-refractivity contribution is 5.71. The quantitative estimate of drug-likeness (QED) is 0.641. The van der Waals surface area contributed by atoms with Crippen LogP contribution >= 0.6 is 0 Å². The average Bonchev–Trinajstić information content (AvgIpc) is 3.31. The Morgan fingerprint density at radius 1 is 1.22 bits per heavy atom. The van der Waals surface area contributed by atoms with E-state index in [0.717, 1.165) is 55.8 Å². The number of ether oxygens (including phenoxy) is 1. The molecule has 2 atom stereocenters. The van der Waals surface area contributed by atoms with Crippen LogP contribution in [0.1, 0.15) is 42.1 Å². The van der Waals surface area contributed by atoms with Crippen molar-refractivity contribution in [2.24, 2.45) is 0 Å². The second-order valence-electron chi connectivity index (χ2n) is 10.5. The van der Waals surface area contributed by atoms with Gasteiger partial charge in [-0.2, -0.15) is 5.26 Å². The van der Waals surface area contributed by atoms with Crippen LogP contribution in [0.2, 0.25) is 0 Å². The largest absolute Gasteiger partial charge is 0.475 e. The third-order valence-electron chi connectivity index (χ3n) is 8.01. The molecule has 0 saturated carbocycles. The van der Waals surface area contributed by atoms with Crippen LogP contribution in [0.5, 0.6) is 5.88 Å². The zero-order chi connectivity index (χ0) is 25.9. The molecule has 9 nitrogen and oxygen atoms in total. The summed E-state index contributed by atoms with van der Waals surface area (Å²) >= 11 is 0. The number of fused-ring (bicyclic) bond motifs is 1. The van der Waals surface area contributed by atoms with Crippen LogP contribution in [-0.4, -0.2) is 89.3 Å². The van der Waals surface area contributed by atoms with Gasteiger partial charge in [0.1, 0.15) is 18.2 Å². The smallest absolute Gasteiger partial charge is 0.407 e. The van der Waals surface area contributed by atoms with Crippen LogP contribution in [0.4, 0.5) is 10.5 Å². The van der Waals surface area contributed by atoms with Crippen LogP contribution < -0.4 is 9.64 Å². The summed E-state index contributed by atoms with van der Waals surface area (Å²) in [6.07, 6.45) is 2.12. The standard InChI is InChI=1S/C28H36N6O3/c1-20-16-33(13-14-34(20)28(35)36)26-23-10-12-32(17-21-7-4-3-5-8-21)18-25(23)30-27(24(26)15-29)37-19-22-9-6-11-31(22)2/h3-5,7-8,20,22H,6,9-14,16-19H2,1-2H3,(H,35,36)/t20-,22+/m1/s1. The topological polar surface area (TPSA) is 96.2 Å². The highest BCUT2D eigenvalue weighted by Crippen LogP contribution is 2.37. The summed E-state index contributed by atoms with van der Waals surface area (Å²) in [5.74, 6) is 0.409. The lowest BCUT2D eigenvalue weighted by Gasteiger charge is -2.41. The number of amides is 1. The summed E-state index contributed by atoms with van der Waals surface area (Å²) in [6, 6.07) is 13.0. The highest BCUT2D eigenvalue weighted by Gasteiger charge is 2.34. The molecule has 0 aliphatic carbocycles. The number of hydrogen-bond acceptors (Lipinski definition) is 7. The van der Waals surface area contributed by atoms with Gasteiger partial charge in [0.15, 0.2) is 0 Å². The molecule has 4 heterocycles. The number of carbonyl (C=O) groups is 1. The number of aromatic nitrogens is 1. The number of carboxylic acid groups (broad SMARTS) is 1. The van der Waals surface area contributed by atoms with Gasteiger partial charge in [-0.15, -0.1) is 0 Å². The maximum Gasteiger partial charge on any atom is 0.407 e. The Labute approximate surface area is 218 Å². The lowest BCUT2D eigenvalue weighted by atomic mass is 9.97. The number of rotatable bonds is 6. The van der Waals surface area contributed by atoms with Crippen molar-refractivity contribution in [1.82, 2.24) is 19.7 Å². The van der Waals surface area contributed by atoms with Crippen molar-refractivity contribution in [2.45, 2.75) is 51.4 Å². The first-order valence-corrected chi connectivity index (χ1v) is 13.2. The molecule has 1 N–H and O–H groups in total. The Bertz CT molecular complexity index is 1170. The van der Waals surface area contributed by atoms with E-state index in [1.54, 1.807) is 0 Å². The van der Waals surface area contributed by atoms with Gasteiger partial charge in [0.2, 0.25) is 5.88 Å². The first-order chi connectivity index (χ1) is 17.9. The molecular weight excluding hydrogens is 468 g/mol. The summed E-state index contributed by atoms with van der Waals surface area (Å²) in [4.78, 5) is 25.0. The first kappa shape index (κ1) is 25.3. The van der Waals surface area contributed by atoms with Gasteiger partial charge >= 0.3 is 6.09 Å². The Morgan fingerprint density at radius 2 is 2.03 bits per heavy atom. The van der Waals surface area contributed by atoms with E-state index in [0.29, 0.717) is 50.3 Å². The predicted octanol–water partition coefficient (Wildman–Crippen LogP) is 3.17. The third kappa shape index (κ3) is 5.36. The zero-order valence-corrected chi connectivity index (χ0v) is 21.8. The minimum atomic E-state index is -0.898. The Balaban J connectivity index is 1.47. The van der Waals surface area contributed by atoms with Gasteiger partial charge in [-0.1, -0.05) is 30.3 Å². The zero-order valence-electron chi connectivity index (χ0n) is 21.8. The van der Waals surface area contributed by atoms with Crippen LogP contribution in [-0.2, 0) is 19.5 Å². The molecule has 0 unspecified atom stereocenters. The summed E-state index contributed by atoms with van der Waals surface area (Å²) in [5, 5.41) is 19.9. The lowest BCUT2D eigenvalue weighted by molar-refractivity contribution is 0.122. The van der Waals surface area contributed by atoms with Gasteiger partial charge in [0.25, 0.3) is 0 Å². The molecule has 0 radical (unpaired) electrons. The van der Waals surface area contributed by atoms with Gasteiger partial charge in [-0.3, -0.25) is 4.90 Å². The van der Waals surface area contributed by atoms with E-state index in [-0.39, 0.29) is 6.04 Å². The fourth-order valence-corrected chi connectivity index (χ4v) is 5.93. The molecule has 9 heteroatoms. The minimum absolute atomic E-state index is 0.170. The van der Waals surface area contributed by atoms with Crippen molar-refractivity contribution in [3.05, 3.63) is 52.7 Å². The molecule has 5 rings (SSSR count). The Hall–Kier alpha value is -3.35. The molecule has 3 aliphatic rings. The number of nitrogens with zero attached hydrogens (tertiary/aromatic N) is 6. The van der Waals surface area contributed by atoms with Gasteiger partial charge in [0, 0.05) is 56.9 Å². The van der Waals surface area contributed by atoms with Crippen LogP contribution in [0, 0.1) is 11.3 Å². The molecule has 37 heavy (non-hydrogen) atoms. The van der Waals surface area contributed by atoms with Crippen molar-refractivity contribution in [3.63, 3.8) is 0 Å². The highest BCUT2D eigenvalue weighted by atomic mass is 16.5. The fraction of sp³-hybridized carbons (Fsp3) is 0.536. The third-order valence-corrected chi connectivity index (χ3v) is 8.01. The van der Waals surface area contributed by atoms with Crippen LogP contribution in [0.25, 0.3) is 0 Å². The maximum atomic E-state index is 11.7. The molecule has 2 aromatic rings. The number of pyridine rings is 1. The van der Waals surface area contributed by atoms with Gasteiger partial charge in [-0.25, -0.2) is 9.78 Å². The molecule has 0 spiro atoms. The van der Waals surface area contributed by atoms with E-state index in [1.807, 2.05) is 13.0 Å². The lowest BCUT2D eigenvalue weighted by Crippen LogP contribution is -2.54. The summed E-state index contributed by atoms with van der Waals surface area (Å²) in [7, 11) is 2.11. The normalized spacial score (nSPS) is 22.5. The number of hydrogen-bond donors (Lipinski definition) is 1. The number of piperazine rings is 1. The first-order valence-electron chi connectivity index (χ1n) is 13.2. The predicted molar refractivity (Wildman–Crippen MR) is 141 cm³/mol. The monoisotopic (exact) mass is 504 g/mol. The number of nitriles is 1. The van der Waals surface area contributed by atoms with Crippen molar-refractivity contribution in [3.8, 4) is 11.9 Å². The van der Waals surface area contributed by atoms with E-state index in [2.05, 4.69) is 52.1 Å². The molecule has 2 saturated heterocycles. The van der Waals surface area contributed by atoms with Crippen molar-refractivity contribution in [1.29, 1.82) is 5.26 Å². The minimum Gasteiger partial charge on any atom is -0.475 e. The van der Waals surface area contributed by atoms with Crippen LogP contribution in [0.3, 0.4) is 0 Å². The molecule has 1 amide bonds. The van der Waals surface area contributed by atoms with Crippen molar-refractivity contribution < 1.29 is 14.6 Å². The molecule has 196 valence electrons. The second-order valence-corrected chi connectivity index (χ2v) is 10.5. The van der Waals surface area contributed by atoms with Crippen molar-refractivity contribution in [2.75, 3.05) is 51.3 Å². The summed E-state index contributed by atoms with van der Waals surface area (Å²) in [5.41, 5.74) is 4.69. The molecule has 3 aliphatic heterocycles. The van der Waals surface area contributed by atoms with E-state index in [4.69, 9.17) is 9.72 Å². The van der Waals surface area contributed by atoms with Crippen LogP contribution in [0.15, 0.2) is 30.3 Å². The van der Waals surface area contributed by atoms with E-state index < -0.39 is 6.09 Å². The van der Waals surface area contributed by atoms with Gasteiger partial charge < -0.3 is 24.5 Å². The Kier molecular flexibility index (Phi) is 7.49. The SMILES string of the molecule is C[C@@H]1CN(c2c(C#N)c(OC[C@@H]3CCCN3C)nc3c2CCN(Cc2ccccc2)C3)CCN1C(=O)O. The summed E-state index contributed by atoms with van der Waals surface area (Å²) in [6.45, 7) is 7.38. The maximum absolute atomic E-state index is 11.7. The number of benzene rings is 1. The molecular formula is C28H36N6O3. The van der Waals surface area contributed by atoms with E-state index >= 15 is 0 Å². The number of likely N-dealkylation sites (tertiary alicyclic amines) is 1.